The molecule has 1 heterocycles. The number of nitrogens with one attached hydrogen (secondary N) is 1. The molecule has 0 aliphatic heterocycles. The van der Waals surface area contributed by atoms with Gasteiger partial charge >= 0.3 is 0 Å². The van der Waals surface area contributed by atoms with Gasteiger partial charge in [-0.3, -0.25) is 4.79 Å². The van der Waals surface area contributed by atoms with Crippen LogP contribution in [0, 0.1) is 5.82 Å². The van der Waals surface area contributed by atoms with Crippen LogP contribution in [0.2, 0.25) is 0 Å². The first-order chi connectivity index (χ1) is 14.1. The highest BCUT2D eigenvalue weighted by molar-refractivity contribution is 7.07. The van der Waals surface area contributed by atoms with Crippen molar-refractivity contribution in [1.29, 1.82) is 0 Å². The van der Waals surface area contributed by atoms with E-state index < -0.39 is 0 Å². The lowest BCUT2D eigenvalue weighted by atomic mass is 10.1. The fraction of sp³-hybridized carbons (Fsp3) is 0.286. The van der Waals surface area contributed by atoms with E-state index >= 15 is 0 Å². The Balaban J connectivity index is 1.71. The third-order valence-corrected chi connectivity index (χ3v) is 4.80. The summed E-state index contributed by atoms with van der Waals surface area (Å²) in [5, 5.41) is 3.21. The minimum absolute atomic E-state index is 0.166. The largest absolute Gasteiger partial charge is 0.493 e. The van der Waals surface area contributed by atoms with Crippen LogP contribution in [0.15, 0.2) is 42.5 Å². The zero-order valence-corrected chi connectivity index (χ0v) is 17.1. The van der Waals surface area contributed by atoms with Gasteiger partial charge < -0.3 is 14.8 Å². The van der Waals surface area contributed by atoms with Crippen LogP contribution >= 0.6 is 11.5 Å². The van der Waals surface area contributed by atoms with Gasteiger partial charge in [-0.1, -0.05) is 25.5 Å². The standard InChI is InChI=1S/C21H22FN3O3S/c1-3-4-11-23-20(26)15-7-10-17(27-2)18(13-15)28-21-24-19(25-29-21)12-14-5-8-16(22)9-6-14/h5-10,13H,3-4,11-12H2,1-2H3,(H,23,26). The number of benzene rings is 2. The molecule has 1 aromatic heterocycles. The van der Waals surface area contributed by atoms with Crippen molar-refractivity contribution in [2.75, 3.05) is 13.7 Å². The monoisotopic (exact) mass is 415 g/mol. The molecule has 0 aliphatic carbocycles. The summed E-state index contributed by atoms with van der Waals surface area (Å²) in [6, 6.07) is 11.2. The Labute approximate surface area is 172 Å². The molecule has 8 heteroatoms. The Morgan fingerprint density at radius 3 is 2.69 bits per heavy atom. The van der Waals surface area contributed by atoms with Crippen LogP contribution in [-0.2, 0) is 6.42 Å². The molecule has 0 bridgehead atoms. The van der Waals surface area contributed by atoms with Crippen LogP contribution in [0.4, 0.5) is 4.39 Å². The number of hydrogen-bond donors (Lipinski definition) is 1. The number of ether oxygens (including phenoxy) is 2. The van der Waals surface area contributed by atoms with E-state index in [0.717, 1.165) is 29.9 Å². The van der Waals surface area contributed by atoms with Crippen LogP contribution in [0.5, 0.6) is 16.7 Å². The first-order valence-corrected chi connectivity index (χ1v) is 10.1. The van der Waals surface area contributed by atoms with E-state index in [-0.39, 0.29) is 11.7 Å². The quantitative estimate of drug-likeness (QED) is 0.517. The van der Waals surface area contributed by atoms with Crippen molar-refractivity contribution < 1.29 is 18.7 Å². The lowest BCUT2D eigenvalue weighted by Crippen LogP contribution is -2.24. The number of carbonyl (C=O) groups excluding carboxylic acids is 1. The predicted octanol–water partition coefficient (Wildman–Crippen LogP) is 4.60. The van der Waals surface area contributed by atoms with Crippen molar-refractivity contribution in [3.05, 3.63) is 65.2 Å². The number of halogens is 1. The molecular formula is C21H22FN3O3S. The zero-order chi connectivity index (χ0) is 20.6. The van der Waals surface area contributed by atoms with Gasteiger partial charge in [0.2, 0.25) is 0 Å². The maximum atomic E-state index is 13.0. The summed E-state index contributed by atoms with van der Waals surface area (Å²) in [5.41, 5.74) is 1.38. The second-order valence-electron chi connectivity index (χ2n) is 6.36. The minimum Gasteiger partial charge on any atom is -0.493 e. The van der Waals surface area contributed by atoms with Crippen molar-refractivity contribution in [2.24, 2.45) is 0 Å². The molecule has 29 heavy (non-hydrogen) atoms. The normalized spacial score (nSPS) is 10.6. The van der Waals surface area contributed by atoms with Gasteiger partial charge in [-0.05, 0) is 42.3 Å². The molecule has 0 radical (unpaired) electrons. The molecule has 0 saturated carbocycles. The molecule has 0 saturated heterocycles. The third-order valence-electron chi connectivity index (χ3n) is 4.16. The van der Waals surface area contributed by atoms with Gasteiger partial charge in [-0.25, -0.2) is 4.39 Å². The Morgan fingerprint density at radius 2 is 1.97 bits per heavy atom. The third kappa shape index (κ3) is 5.74. The second-order valence-corrected chi connectivity index (χ2v) is 7.07. The van der Waals surface area contributed by atoms with Crippen molar-refractivity contribution in [3.63, 3.8) is 0 Å². The number of carbonyl (C=O) groups is 1. The SMILES string of the molecule is CCCCNC(=O)c1ccc(OC)c(Oc2nc(Cc3ccc(F)cc3)ns2)c1. The average molecular weight is 415 g/mol. The highest BCUT2D eigenvalue weighted by atomic mass is 32.1. The average Bonchev–Trinajstić information content (AvgIpc) is 3.16. The van der Waals surface area contributed by atoms with E-state index in [1.165, 1.54) is 19.2 Å². The van der Waals surface area contributed by atoms with Crippen molar-refractivity contribution in [1.82, 2.24) is 14.7 Å². The maximum Gasteiger partial charge on any atom is 0.298 e. The van der Waals surface area contributed by atoms with E-state index in [0.29, 0.717) is 41.0 Å². The number of amides is 1. The minimum atomic E-state index is -0.283. The summed E-state index contributed by atoms with van der Waals surface area (Å²) in [7, 11) is 1.53. The molecule has 0 fully saturated rings. The van der Waals surface area contributed by atoms with Gasteiger partial charge in [0, 0.05) is 30.1 Å². The fourth-order valence-corrected chi connectivity index (χ4v) is 3.17. The number of aromatic nitrogens is 2. The first-order valence-electron chi connectivity index (χ1n) is 9.30. The number of unbranched alkanes of at least 4 members (excludes halogenated alkanes) is 1. The highest BCUT2D eigenvalue weighted by Gasteiger charge is 2.14. The topological polar surface area (TPSA) is 73.3 Å². The Morgan fingerprint density at radius 1 is 1.17 bits per heavy atom. The van der Waals surface area contributed by atoms with E-state index in [1.54, 1.807) is 30.3 Å². The molecule has 3 aromatic rings. The van der Waals surface area contributed by atoms with Crippen molar-refractivity contribution in [3.8, 4) is 16.7 Å². The Hall–Kier alpha value is -3.00. The lowest BCUT2D eigenvalue weighted by molar-refractivity contribution is 0.0953. The Kier molecular flexibility index (Phi) is 7.13. The van der Waals surface area contributed by atoms with Gasteiger partial charge in [0.25, 0.3) is 11.1 Å². The van der Waals surface area contributed by atoms with Gasteiger partial charge in [-0.15, -0.1) is 0 Å². The molecule has 6 nitrogen and oxygen atoms in total. The fourth-order valence-electron chi connectivity index (χ4n) is 2.61. The van der Waals surface area contributed by atoms with Crippen LogP contribution < -0.4 is 14.8 Å². The number of rotatable bonds is 9. The molecular weight excluding hydrogens is 393 g/mol. The van der Waals surface area contributed by atoms with E-state index in [4.69, 9.17) is 9.47 Å². The first kappa shape index (κ1) is 20.7. The van der Waals surface area contributed by atoms with Crippen molar-refractivity contribution in [2.45, 2.75) is 26.2 Å². The Bertz CT molecular complexity index is 960. The van der Waals surface area contributed by atoms with Gasteiger partial charge in [0.05, 0.1) is 7.11 Å². The van der Waals surface area contributed by atoms with E-state index in [1.807, 2.05) is 0 Å². The van der Waals surface area contributed by atoms with Gasteiger partial charge in [0.15, 0.2) is 17.3 Å². The summed E-state index contributed by atoms with van der Waals surface area (Å²) in [4.78, 5) is 16.7. The molecule has 2 aromatic carbocycles. The van der Waals surface area contributed by atoms with Crippen molar-refractivity contribution >= 4 is 17.4 Å². The summed E-state index contributed by atoms with van der Waals surface area (Å²) >= 11 is 1.10. The number of methoxy groups -OCH3 is 1. The van der Waals surface area contributed by atoms with Crippen LogP contribution in [-0.4, -0.2) is 28.9 Å². The summed E-state index contributed by atoms with van der Waals surface area (Å²) < 4.78 is 28.5. The molecule has 152 valence electrons. The lowest BCUT2D eigenvalue weighted by Gasteiger charge is -2.10. The molecule has 3 rings (SSSR count). The predicted molar refractivity (Wildman–Crippen MR) is 109 cm³/mol. The summed E-state index contributed by atoms with van der Waals surface area (Å²) in [6.07, 6.45) is 2.40. The summed E-state index contributed by atoms with van der Waals surface area (Å²) in [6.45, 7) is 2.69. The molecule has 1 N–H and O–H groups in total. The highest BCUT2D eigenvalue weighted by Crippen LogP contribution is 2.33. The molecule has 1 amide bonds. The van der Waals surface area contributed by atoms with Crippen LogP contribution in [0.25, 0.3) is 0 Å². The van der Waals surface area contributed by atoms with Gasteiger partial charge in [0.1, 0.15) is 5.82 Å². The smallest absolute Gasteiger partial charge is 0.298 e. The van der Waals surface area contributed by atoms with Crippen LogP contribution in [0.1, 0.15) is 41.5 Å². The summed E-state index contributed by atoms with van der Waals surface area (Å²) in [5.74, 6) is 1.00. The van der Waals surface area contributed by atoms with Gasteiger partial charge in [-0.2, -0.15) is 9.36 Å². The molecule has 0 atom stereocenters. The van der Waals surface area contributed by atoms with E-state index in [9.17, 15) is 9.18 Å². The van der Waals surface area contributed by atoms with E-state index in [2.05, 4.69) is 21.6 Å². The molecule has 0 aliphatic rings. The van der Waals surface area contributed by atoms with Crippen LogP contribution in [0.3, 0.4) is 0 Å². The molecule has 0 spiro atoms. The number of nitrogens with zero attached hydrogens (tertiary/aromatic N) is 2. The second kappa shape index (κ2) is 9.97. The number of hydrogen-bond acceptors (Lipinski definition) is 6. The maximum absolute atomic E-state index is 13.0. The zero-order valence-electron chi connectivity index (χ0n) is 16.3. The molecule has 0 unspecified atom stereocenters.